The van der Waals surface area contributed by atoms with Gasteiger partial charge in [0.15, 0.2) is 0 Å². The number of rotatable bonds is 8. The Morgan fingerprint density at radius 2 is 1.87 bits per heavy atom. The molecule has 1 atom stereocenters. The Balaban J connectivity index is 5.44. The number of hydrogen-bond donors (Lipinski definition) is 0. The molecule has 0 amide bonds. The van der Waals surface area contributed by atoms with Crippen LogP contribution in [0.2, 0.25) is 0 Å². The maximum absolute atomic E-state index is 5.45. The van der Waals surface area contributed by atoms with Gasteiger partial charge < -0.3 is 0 Å². The third kappa shape index (κ3) is 8.69. The highest BCUT2D eigenvalue weighted by molar-refractivity contribution is 5.49. The van der Waals surface area contributed by atoms with E-state index in [0.717, 1.165) is 23.1 Å². The van der Waals surface area contributed by atoms with Crippen molar-refractivity contribution in [2.24, 2.45) is 5.92 Å². The van der Waals surface area contributed by atoms with E-state index < -0.39 is 0 Å². The van der Waals surface area contributed by atoms with Crippen molar-refractivity contribution in [3.63, 3.8) is 0 Å². The van der Waals surface area contributed by atoms with Crippen molar-refractivity contribution in [2.45, 2.75) is 41.0 Å². The van der Waals surface area contributed by atoms with Gasteiger partial charge in [0.1, 0.15) is 0 Å². The number of allylic oxidation sites excluding steroid dienone is 13. The molecule has 23 heavy (non-hydrogen) atoms. The van der Waals surface area contributed by atoms with E-state index in [4.69, 9.17) is 6.42 Å². The first-order valence-corrected chi connectivity index (χ1v) is 8.17. The molecule has 0 aliphatic heterocycles. The van der Waals surface area contributed by atoms with E-state index in [1.807, 2.05) is 26.8 Å². The smallest absolute Gasteiger partial charge is 0.000713 e. The van der Waals surface area contributed by atoms with Crippen LogP contribution in [-0.4, -0.2) is 0 Å². The summed E-state index contributed by atoms with van der Waals surface area (Å²) in [6, 6.07) is 0. The van der Waals surface area contributed by atoms with Gasteiger partial charge in [0.05, 0.1) is 0 Å². The summed E-state index contributed by atoms with van der Waals surface area (Å²) in [5, 5.41) is 0. The minimum atomic E-state index is 0.306. The molecule has 0 nitrogen and oxygen atoms in total. The van der Waals surface area contributed by atoms with Gasteiger partial charge in [0.2, 0.25) is 0 Å². The van der Waals surface area contributed by atoms with Crippen LogP contribution < -0.4 is 0 Å². The molecule has 0 aromatic rings. The summed E-state index contributed by atoms with van der Waals surface area (Å²) < 4.78 is 0. The summed E-state index contributed by atoms with van der Waals surface area (Å²) in [5.41, 5.74) is 4.51. The lowest BCUT2D eigenvalue weighted by Gasteiger charge is -2.10. The molecule has 122 valence electrons. The van der Waals surface area contributed by atoms with Gasteiger partial charge in [0.25, 0.3) is 0 Å². The van der Waals surface area contributed by atoms with Gasteiger partial charge in [-0.25, -0.2) is 0 Å². The Labute approximate surface area is 143 Å². The second-order valence-corrected chi connectivity index (χ2v) is 5.46. The quantitative estimate of drug-likeness (QED) is 0.344. The van der Waals surface area contributed by atoms with Crippen LogP contribution >= 0.6 is 0 Å². The van der Waals surface area contributed by atoms with Gasteiger partial charge in [-0.2, -0.15) is 0 Å². The van der Waals surface area contributed by atoms with Crippen LogP contribution in [-0.2, 0) is 0 Å². The normalized spacial score (nSPS) is 15.6. The monoisotopic (exact) mass is 306 g/mol. The van der Waals surface area contributed by atoms with Gasteiger partial charge in [-0.1, -0.05) is 80.5 Å². The first-order chi connectivity index (χ1) is 11.0. The molecule has 0 bridgehead atoms. The lowest BCUT2D eigenvalue weighted by atomic mass is 9.95. The molecule has 0 saturated heterocycles. The molecular formula is C23H30. The Morgan fingerprint density at radius 3 is 2.35 bits per heavy atom. The zero-order valence-corrected chi connectivity index (χ0v) is 15.3. The Morgan fingerprint density at radius 1 is 1.17 bits per heavy atom. The average Bonchev–Trinajstić information content (AvgIpc) is 2.51. The van der Waals surface area contributed by atoms with Crippen LogP contribution in [0.5, 0.6) is 0 Å². The number of terminal acetylenes is 1. The molecule has 1 unspecified atom stereocenters. The third-order valence-corrected chi connectivity index (χ3v) is 3.28. The molecule has 0 heteroatoms. The molecule has 0 aromatic heterocycles. The summed E-state index contributed by atoms with van der Waals surface area (Å²) in [7, 11) is 0. The molecule has 0 fully saturated rings. The van der Waals surface area contributed by atoms with Crippen molar-refractivity contribution in [1.82, 2.24) is 0 Å². The first-order valence-electron chi connectivity index (χ1n) is 8.17. The van der Waals surface area contributed by atoms with Crippen molar-refractivity contribution in [3.8, 4) is 12.3 Å². The van der Waals surface area contributed by atoms with Crippen LogP contribution in [0.4, 0.5) is 0 Å². The predicted molar refractivity (Wildman–Crippen MR) is 106 cm³/mol. The minimum absolute atomic E-state index is 0.306. The highest BCUT2D eigenvalue weighted by Gasteiger charge is 2.03. The maximum Gasteiger partial charge on any atom is -0.000713 e. The largest absolute Gasteiger partial charge is 0.115 e. The summed E-state index contributed by atoms with van der Waals surface area (Å²) in [5.74, 6) is 2.93. The zero-order chi connectivity index (χ0) is 17.7. The van der Waals surface area contributed by atoms with Gasteiger partial charge in [-0.3, -0.25) is 0 Å². The lowest BCUT2D eigenvalue weighted by molar-refractivity contribution is 0.888. The molecule has 0 aliphatic rings. The van der Waals surface area contributed by atoms with E-state index >= 15 is 0 Å². The second kappa shape index (κ2) is 12.3. The maximum atomic E-state index is 5.45. The minimum Gasteiger partial charge on any atom is -0.115 e. The van der Waals surface area contributed by atoms with E-state index in [2.05, 4.69) is 75.0 Å². The van der Waals surface area contributed by atoms with Crippen LogP contribution in [0.15, 0.2) is 83.6 Å². The van der Waals surface area contributed by atoms with Crippen molar-refractivity contribution in [3.05, 3.63) is 83.6 Å². The molecule has 0 aliphatic carbocycles. The van der Waals surface area contributed by atoms with Gasteiger partial charge in [-0.05, 0) is 55.9 Å². The molecule has 0 N–H and O–H groups in total. The van der Waals surface area contributed by atoms with E-state index in [-0.39, 0.29) is 0 Å². The van der Waals surface area contributed by atoms with E-state index in [1.54, 1.807) is 0 Å². The van der Waals surface area contributed by atoms with Gasteiger partial charge in [-0.15, -0.1) is 6.42 Å². The fourth-order valence-electron chi connectivity index (χ4n) is 2.09. The van der Waals surface area contributed by atoms with Crippen LogP contribution in [0.1, 0.15) is 41.0 Å². The van der Waals surface area contributed by atoms with E-state index in [9.17, 15) is 0 Å². The topological polar surface area (TPSA) is 0 Å². The van der Waals surface area contributed by atoms with Crippen LogP contribution in [0.25, 0.3) is 0 Å². The Bertz CT molecular complexity index is 592. The number of hydrogen-bond acceptors (Lipinski definition) is 0. The molecule has 0 aromatic carbocycles. The fourth-order valence-corrected chi connectivity index (χ4v) is 2.09. The molecule has 0 radical (unpaired) electrons. The van der Waals surface area contributed by atoms with E-state index in [1.165, 1.54) is 5.57 Å². The highest BCUT2D eigenvalue weighted by Crippen LogP contribution is 2.19. The Kier molecular flexibility index (Phi) is 11.1. The SMILES string of the molecule is C#C/C=C(\C=C/CC)C(/C=C\C(C)C(/C=C\C)=C/C(=C)C)=C/C. The molecule has 0 heterocycles. The third-order valence-electron chi connectivity index (χ3n) is 3.28. The zero-order valence-electron chi connectivity index (χ0n) is 15.3. The lowest BCUT2D eigenvalue weighted by Crippen LogP contribution is -1.94. The molecule has 0 rings (SSSR count). The van der Waals surface area contributed by atoms with Crippen molar-refractivity contribution >= 4 is 0 Å². The standard InChI is InChI=1S/C23H30/c1-8-12-15-22(13-9-2)21(11-4)17-16-20(7)23(14-10-3)18-19(5)6/h2,10-18,20H,5,8H2,1,3-4,6-7H3/b14-10-,15-12-,17-16-,21-11+,22-13+,23-18+. The fraction of sp³-hybridized carbons (Fsp3) is 0.304. The summed E-state index contributed by atoms with van der Waals surface area (Å²) in [6.07, 6.45) is 25.2. The first kappa shape index (κ1) is 20.7. The van der Waals surface area contributed by atoms with Crippen LogP contribution in [0.3, 0.4) is 0 Å². The van der Waals surface area contributed by atoms with Crippen molar-refractivity contribution in [2.75, 3.05) is 0 Å². The summed E-state index contributed by atoms with van der Waals surface area (Å²) in [6.45, 7) is 14.3. The summed E-state index contributed by atoms with van der Waals surface area (Å²) >= 11 is 0. The van der Waals surface area contributed by atoms with Crippen LogP contribution in [0, 0.1) is 18.3 Å². The summed E-state index contributed by atoms with van der Waals surface area (Å²) in [4.78, 5) is 0. The predicted octanol–water partition coefficient (Wildman–Crippen LogP) is 6.73. The Hall–Kier alpha value is -2.26. The van der Waals surface area contributed by atoms with E-state index in [0.29, 0.717) is 5.92 Å². The molecule has 0 spiro atoms. The van der Waals surface area contributed by atoms with Gasteiger partial charge in [0, 0.05) is 0 Å². The van der Waals surface area contributed by atoms with Crippen molar-refractivity contribution in [1.29, 1.82) is 0 Å². The average molecular weight is 306 g/mol. The van der Waals surface area contributed by atoms with Gasteiger partial charge >= 0.3 is 0 Å². The molecule has 0 saturated carbocycles. The highest BCUT2D eigenvalue weighted by atomic mass is 14.1. The van der Waals surface area contributed by atoms with Crippen molar-refractivity contribution < 1.29 is 0 Å². The second-order valence-electron chi connectivity index (χ2n) is 5.46. The molecular weight excluding hydrogens is 276 g/mol.